The number of aromatic amines is 1. The molecule has 2 aromatic heterocycles. The summed E-state index contributed by atoms with van der Waals surface area (Å²) in [6, 6.07) is 0. The van der Waals surface area contributed by atoms with Gasteiger partial charge in [0.1, 0.15) is 5.82 Å². The van der Waals surface area contributed by atoms with Gasteiger partial charge in [-0.2, -0.15) is 0 Å². The van der Waals surface area contributed by atoms with Crippen LogP contribution in [0.15, 0.2) is 9.59 Å². The van der Waals surface area contributed by atoms with Crippen LogP contribution in [0, 0.1) is 18.3 Å². The van der Waals surface area contributed by atoms with Crippen LogP contribution in [-0.4, -0.2) is 44.0 Å². The van der Waals surface area contributed by atoms with Gasteiger partial charge in [0.2, 0.25) is 11.8 Å². The molecule has 0 saturated heterocycles. The molecule has 2 heterocycles. The Morgan fingerprint density at radius 2 is 1.94 bits per heavy atom. The fraction of sp³-hybridized carbons (Fsp3) is 0.571. The van der Waals surface area contributed by atoms with Crippen LogP contribution >= 0.6 is 0 Å². The smallest absolute Gasteiger partial charge is 0.330 e. The second-order valence-electron chi connectivity index (χ2n) is 7.73. The third kappa shape index (κ3) is 6.31. The normalized spacial score (nSPS) is 10.9. The maximum atomic E-state index is 12.6. The molecule has 0 atom stereocenters. The number of nitrogens with one attached hydrogen (secondary N) is 3. The van der Waals surface area contributed by atoms with Crippen LogP contribution in [0.4, 0.5) is 0 Å². The summed E-state index contributed by atoms with van der Waals surface area (Å²) in [5, 5.41) is 5.00. The summed E-state index contributed by atoms with van der Waals surface area (Å²) in [5.74, 6) is 2.37. The maximum Gasteiger partial charge on any atom is 0.330 e. The third-order valence-electron chi connectivity index (χ3n) is 4.66. The molecule has 10 nitrogen and oxygen atoms in total. The number of imidazole rings is 1. The number of carbonyl (C=O) groups excluding carboxylic acids is 2. The molecule has 0 bridgehead atoms. The summed E-state index contributed by atoms with van der Waals surface area (Å²) in [6.07, 6.45) is 7.09. The number of unbranched alkanes of at least 4 members (excludes halogenated alkanes) is 1. The molecule has 0 aliphatic rings. The minimum atomic E-state index is -0.484. The average molecular weight is 431 g/mol. The van der Waals surface area contributed by atoms with Crippen molar-refractivity contribution in [3.63, 3.8) is 0 Å². The van der Waals surface area contributed by atoms with Crippen molar-refractivity contribution in [3.8, 4) is 12.3 Å². The standard InChI is InChI=1S/C21H30N6O4/c1-5-7-11-26-19-18(20(30)25-21(26)31)27(13-14(3)4)15(24-19)8-9-16(28)23-12-17(29)22-10-6-2/h2,14H,5,7-13H2,1,3-4H3,(H,22,29)(H,23,28)(H,25,30,31). The van der Waals surface area contributed by atoms with Gasteiger partial charge in [0.25, 0.3) is 5.56 Å². The molecule has 0 radical (unpaired) electrons. The Labute approximate surface area is 180 Å². The van der Waals surface area contributed by atoms with E-state index in [0.717, 1.165) is 12.8 Å². The molecule has 31 heavy (non-hydrogen) atoms. The number of terminal acetylenes is 1. The molecule has 2 aromatic rings. The highest BCUT2D eigenvalue weighted by atomic mass is 16.2. The van der Waals surface area contributed by atoms with E-state index in [1.807, 2.05) is 20.8 Å². The van der Waals surface area contributed by atoms with Crippen molar-refractivity contribution in [2.75, 3.05) is 13.1 Å². The van der Waals surface area contributed by atoms with Crippen LogP contribution in [0.5, 0.6) is 0 Å². The number of rotatable bonds is 11. The first-order valence-corrected chi connectivity index (χ1v) is 10.5. The van der Waals surface area contributed by atoms with Crippen LogP contribution in [0.1, 0.15) is 45.9 Å². The molecule has 3 N–H and O–H groups in total. The van der Waals surface area contributed by atoms with E-state index in [1.54, 1.807) is 4.57 Å². The molecule has 2 amide bonds. The number of aryl methyl sites for hydroxylation is 2. The minimum absolute atomic E-state index is 0.0843. The van der Waals surface area contributed by atoms with Crippen LogP contribution < -0.4 is 21.9 Å². The fourth-order valence-electron chi connectivity index (χ4n) is 3.20. The number of amides is 2. The number of aromatic nitrogens is 4. The Morgan fingerprint density at radius 1 is 1.19 bits per heavy atom. The van der Waals surface area contributed by atoms with Gasteiger partial charge in [0.15, 0.2) is 11.2 Å². The average Bonchev–Trinajstić information content (AvgIpc) is 3.06. The summed E-state index contributed by atoms with van der Waals surface area (Å²) in [6.45, 7) is 6.95. The summed E-state index contributed by atoms with van der Waals surface area (Å²) in [7, 11) is 0. The van der Waals surface area contributed by atoms with Crippen LogP contribution in [0.3, 0.4) is 0 Å². The zero-order valence-corrected chi connectivity index (χ0v) is 18.3. The second-order valence-corrected chi connectivity index (χ2v) is 7.73. The van der Waals surface area contributed by atoms with E-state index in [-0.39, 0.29) is 43.7 Å². The number of H-pyrrole nitrogens is 1. The van der Waals surface area contributed by atoms with Gasteiger partial charge < -0.3 is 15.2 Å². The first kappa shape index (κ1) is 23.9. The van der Waals surface area contributed by atoms with E-state index in [1.165, 1.54) is 4.57 Å². The van der Waals surface area contributed by atoms with Gasteiger partial charge in [0.05, 0.1) is 13.1 Å². The van der Waals surface area contributed by atoms with Crippen molar-refractivity contribution >= 4 is 23.0 Å². The Morgan fingerprint density at radius 3 is 2.58 bits per heavy atom. The van der Waals surface area contributed by atoms with E-state index >= 15 is 0 Å². The first-order chi connectivity index (χ1) is 14.8. The molecule has 10 heteroatoms. The molecule has 0 fully saturated rings. The molecule has 0 saturated carbocycles. The zero-order valence-electron chi connectivity index (χ0n) is 18.3. The van der Waals surface area contributed by atoms with Crippen molar-refractivity contribution in [2.45, 2.75) is 59.5 Å². The van der Waals surface area contributed by atoms with Crippen molar-refractivity contribution in [3.05, 3.63) is 26.7 Å². The lowest BCUT2D eigenvalue weighted by Gasteiger charge is -2.11. The number of nitrogens with zero attached hydrogens (tertiary/aromatic N) is 3. The van der Waals surface area contributed by atoms with Crippen molar-refractivity contribution in [1.29, 1.82) is 0 Å². The van der Waals surface area contributed by atoms with Crippen molar-refractivity contribution in [1.82, 2.24) is 29.7 Å². The largest absolute Gasteiger partial charge is 0.347 e. The highest BCUT2D eigenvalue weighted by Crippen LogP contribution is 2.16. The van der Waals surface area contributed by atoms with Gasteiger partial charge in [-0.1, -0.05) is 33.1 Å². The van der Waals surface area contributed by atoms with Crippen LogP contribution in [0.25, 0.3) is 11.2 Å². The quantitative estimate of drug-likeness (QED) is 0.437. The van der Waals surface area contributed by atoms with E-state index in [0.29, 0.717) is 30.1 Å². The second kappa shape index (κ2) is 11.2. The Bertz CT molecular complexity index is 1090. The van der Waals surface area contributed by atoms with Gasteiger partial charge in [-0.05, 0) is 12.3 Å². The van der Waals surface area contributed by atoms with Crippen molar-refractivity contribution < 1.29 is 9.59 Å². The molecular weight excluding hydrogens is 400 g/mol. The van der Waals surface area contributed by atoms with Crippen molar-refractivity contribution in [2.24, 2.45) is 5.92 Å². The van der Waals surface area contributed by atoms with E-state index < -0.39 is 11.2 Å². The number of hydrogen-bond donors (Lipinski definition) is 3. The molecule has 0 unspecified atom stereocenters. The zero-order chi connectivity index (χ0) is 23.0. The third-order valence-corrected chi connectivity index (χ3v) is 4.66. The topological polar surface area (TPSA) is 131 Å². The molecule has 0 aliphatic heterocycles. The van der Waals surface area contributed by atoms with Crippen LogP contribution in [0.2, 0.25) is 0 Å². The Hall–Kier alpha value is -3.35. The lowest BCUT2D eigenvalue weighted by Crippen LogP contribution is -2.37. The maximum absolute atomic E-state index is 12.6. The SMILES string of the molecule is C#CCNC(=O)CNC(=O)CCc1nc2c(c(=O)[nH]c(=O)n2CCCC)n1CC(C)C. The monoisotopic (exact) mass is 430 g/mol. The van der Waals surface area contributed by atoms with Gasteiger partial charge >= 0.3 is 5.69 Å². The summed E-state index contributed by atoms with van der Waals surface area (Å²) in [5.41, 5.74) is -0.287. The molecule has 0 aliphatic carbocycles. The summed E-state index contributed by atoms with van der Waals surface area (Å²) in [4.78, 5) is 55.6. The molecule has 2 rings (SSSR count). The van der Waals surface area contributed by atoms with Gasteiger partial charge in [-0.15, -0.1) is 6.42 Å². The molecular formula is C21H30N6O4. The number of hydrogen-bond acceptors (Lipinski definition) is 5. The Balaban J connectivity index is 2.28. The summed E-state index contributed by atoms with van der Waals surface area (Å²) >= 11 is 0. The lowest BCUT2D eigenvalue weighted by molar-refractivity contribution is -0.126. The molecule has 0 spiro atoms. The number of fused-ring (bicyclic) bond motifs is 1. The Kier molecular flexibility index (Phi) is 8.61. The molecule has 0 aromatic carbocycles. The first-order valence-electron chi connectivity index (χ1n) is 10.5. The minimum Gasteiger partial charge on any atom is -0.347 e. The van der Waals surface area contributed by atoms with Crippen LogP contribution in [-0.2, 0) is 29.1 Å². The van der Waals surface area contributed by atoms with Gasteiger partial charge in [-0.3, -0.25) is 23.9 Å². The predicted octanol–water partition coefficient (Wildman–Crippen LogP) is 0.141. The van der Waals surface area contributed by atoms with E-state index in [4.69, 9.17) is 6.42 Å². The van der Waals surface area contributed by atoms with Gasteiger partial charge in [-0.25, -0.2) is 9.78 Å². The highest BCUT2D eigenvalue weighted by Gasteiger charge is 2.19. The fourth-order valence-corrected chi connectivity index (χ4v) is 3.20. The highest BCUT2D eigenvalue weighted by molar-refractivity contribution is 5.84. The van der Waals surface area contributed by atoms with E-state index in [2.05, 4.69) is 26.5 Å². The molecule has 168 valence electrons. The predicted molar refractivity (Wildman–Crippen MR) is 118 cm³/mol. The van der Waals surface area contributed by atoms with Gasteiger partial charge in [0, 0.05) is 25.9 Å². The van der Waals surface area contributed by atoms with E-state index in [9.17, 15) is 19.2 Å². The lowest BCUT2D eigenvalue weighted by atomic mass is 10.2. The number of carbonyl (C=O) groups is 2. The summed E-state index contributed by atoms with van der Waals surface area (Å²) < 4.78 is 3.27.